The van der Waals surface area contributed by atoms with Gasteiger partial charge in [0.05, 0.1) is 6.33 Å². The van der Waals surface area contributed by atoms with Crippen molar-refractivity contribution in [2.75, 3.05) is 11.1 Å². The van der Waals surface area contributed by atoms with Crippen molar-refractivity contribution in [3.05, 3.63) is 16.7 Å². The third-order valence-electron chi connectivity index (χ3n) is 2.71. The van der Waals surface area contributed by atoms with Gasteiger partial charge in [-0.3, -0.25) is 4.79 Å². The fourth-order valence-corrected chi connectivity index (χ4v) is 1.40. The van der Waals surface area contributed by atoms with E-state index in [9.17, 15) is 4.79 Å². The average molecular weight is 194 g/mol. The van der Waals surface area contributed by atoms with Gasteiger partial charge in [-0.25, -0.2) is 4.98 Å². The summed E-state index contributed by atoms with van der Waals surface area (Å²) in [6.07, 6.45) is 2.44. The predicted molar refractivity (Wildman–Crippen MR) is 55.1 cm³/mol. The molecule has 0 saturated heterocycles. The minimum absolute atomic E-state index is 0.162. The van der Waals surface area contributed by atoms with Crippen molar-refractivity contribution in [1.82, 2.24) is 9.97 Å². The lowest BCUT2D eigenvalue weighted by Gasteiger charge is -2.08. The minimum atomic E-state index is -0.291. The highest BCUT2D eigenvalue weighted by Crippen LogP contribution is 2.46. The minimum Gasteiger partial charge on any atom is -0.391 e. The number of hydrogen-bond acceptors (Lipinski definition) is 4. The molecule has 76 valence electrons. The molecular weight excluding hydrogens is 180 g/mol. The first-order valence-corrected chi connectivity index (χ1v) is 4.60. The number of nitrogens with one attached hydrogen (secondary N) is 2. The summed E-state index contributed by atoms with van der Waals surface area (Å²) < 4.78 is 0. The second kappa shape index (κ2) is 2.73. The standard InChI is InChI=1S/C9H14N4O/c1-9(2)3-5(9)13-7-6(10)8(14)12-4-11-7/h4-5H,3,10H2,1-2H3,(H2,11,12,13,14). The Morgan fingerprint density at radius 1 is 1.71 bits per heavy atom. The van der Waals surface area contributed by atoms with Crippen molar-refractivity contribution in [2.24, 2.45) is 5.41 Å². The molecule has 1 aromatic rings. The van der Waals surface area contributed by atoms with Crippen LogP contribution in [0.5, 0.6) is 0 Å². The van der Waals surface area contributed by atoms with Crippen LogP contribution in [-0.4, -0.2) is 16.0 Å². The van der Waals surface area contributed by atoms with Crippen LogP contribution in [0.4, 0.5) is 11.5 Å². The van der Waals surface area contributed by atoms with Gasteiger partial charge < -0.3 is 16.0 Å². The van der Waals surface area contributed by atoms with E-state index in [1.807, 2.05) is 0 Å². The molecule has 0 radical (unpaired) electrons. The highest BCUT2D eigenvalue weighted by Gasteiger charge is 2.46. The monoisotopic (exact) mass is 194 g/mol. The Morgan fingerprint density at radius 2 is 2.36 bits per heavy atom. The Hall–Kier alpha value is -1.52. The van der Waals surface area contributed by atoms with Crippen LogP contribution in [-0.2, 0) is 0 Å². The molecule has 0 spiro atoms. The largest absolute Gasteiger partial charge is 0.391 e. The number of rotatable bonds is 2. The molecule has 0 amide bonds. The fraction of sp³-hybridized carbons (Fsp3) is 0.556. The molecule has 1 fully saturated rings. The van der Waals surface area contributed by atoms with Crippen molar-refractivity contribution in [2.45, 2.75) is 26.3 Å². The smallest absolute Gasteiger partial charge is 0.276 e. The van der Waals surface area contributed by atoms with E-state index in [1.54, 1.807) is 0 Å². The molecule has 5 nitrogen and oxygen atoms in total. The van der Waals surface area contributed by atoms with E-state index < -0.39 is 0 Å². The number of anilines is 2. The number of nitrogens with two attached hydrogens (primary N) is 1. The lowest BCUT2D eigenvalue weighted by atomic mass is 10.2. The summed E-state index contributed by atoms with van der Waals surface area (Å²) in [5, 5.41) is 3.16. The molecule has 1 aliphatic carbocycles. The number of nitrogen functional groups attached to an aromatic ring is 1. The second-order valence-corrected chi connectivity index (χ2v) is 4.38. The molecule has 1 saturated carbocycles. The van der Waals surface area contributed by atoms with Crippen molar-refractivity contribution in [3.8, 4) is 0 Å². The summed E-state index contributed by atoms with van der Waals surface area (Å²) in [4.78, 5) is 17.6. The lowest BCUT2D eigenvalue weighted by molar-refractivity contribution is 0.630. The summed E-state index contributed by atoms with van der Waals surface area (Å²) in [6.45, 7) is 4.32. The first-order chi connectivity index (χ1) is 6.50. The molecule has 0 aliphatic heterocycles. The van der Waals surface area contributed by atoms with E-state index in [0.717, 1.165) is 6.42 Å². The summed E-state index contributed by atoms with van der Waals surface area (Å²) in [6, 6.07) is 0.374. The Balaban J connectivity index is 2.19. The number of hydrogen-bond donors (Lipinski definition) is 3. The quantitative estimate of drug-likeness (QED) is 0.642. The van der Waals surface area contributed by atoms with E-state index in [1.165, 1.54) is 6.33 Å². The molecule has 0 aromatic carbocycles. The van der Waals surface area contributed by atoms with Gasteiger partial charge in [0.15, 0.2) is 5.82 Å². The zero-order valence-electron chi connectivity index (χ0n) is 8.29. The van der Waals surface area contributed by atoms with E-state index in [2.05, 4.69) is 29.1 Å². The molecule has 5 heteroatoms. The third-order valence-corrected chi connectivity index (χ3v) is 2.71. The molecule has 1 unspecified atom stereocenters. The van der Waals surface area contributed by atoms with Crippen LogP contribution in [0.2, 0.25) is 0 Å². The van der Waals surface area contributed by atoms with Crippen LogP contribution in [0.15, 0.2) is 11.1 Å². The van der Waals surface area contributed by atoms with Crippen LogP contribution in [0, 0.1) is 5.41 Å². The third kappa shape index (κ3) is 1.45. The van der Waals surface area contributed by atoms with Crippen LogP contribution in [0.25, 0.3) is 0 Å². The average Bonchev–Trinajstić information content (AvgIpc) is 2.68. The van der Waals surface area contributed by atoms with Gasteiger partial charge in [-0.15, -0.1) is 0 Å². The van der Waals surface area contributed by atoms with Crippen LogP contribution in [0.1, 0.15) is 20.3 Å². The zero-order valence-corrected chi connectivity index (χ0v) is 8.29. The topological polar surface area (TPSA) is 83.8 Å². The fourth-order valence-electron chi connectivity index (χ4n) is 1.40. The van der Waals surface area contributed by atoms with E-state index >= 15 is 0 Å². The molecule has 14 heavy (non-hydrogen) atoms. The molecule has 1 atom stereocenters. The van der Waals surface area contributed by atoms with E-state index in [-0.39, 0.29) is 16.7 Å². The molecule has 2 rings (SSSR count). The maximum Gasteiger partial charge on any atom is 0.276 e. The molecule has 1 aliphatic rings. The molecule has 0 bridgehead atoms. The Kier molecular flexibility index (Phi) is 1.77. The number of H-pyrrole nitrogens is 1. The van der Waals surface area contributed by atoms with Crippen molar-refractivity contribution >= 4 is 11.5 Å². The summed E-state index contributed by atoms with van der Waals surface area (Å²) in [5.74, 6) is 0.490. The Labute approximate surface area is 81.7 Å². The highest BCUT2D eigenvalue weighted by molar-refractivity contribution is 5.60. The normalized spacial score (nSPS) is 23.1. The number of aromatic amines is 1. The number of nitrogens with zero attached hydrogens (tertiary/aromatic N) is 1. The number of aromatic nitrogens is 2. The summed E-state index contributed by atoms with van der Waals surface area (Å²) in [5.41, 5.74) is 5.74. The van der Waals surface area contributed by atoms with Crippen molar-refractivity contribution < 1.29 is 0 Å². The van der Waals surface area contributed by atoms with E-state index in [4.69, 9.17) is 5.73 Å². The van der Waals surface area contributed by atoms with Gasteiger partial charge in [-0.05, 0) is 11.8 Å². The predicted octanol–water partition coefficient (Wildman–Crippen LogP) is 0.562. The first-order valence-electron chi connectivity index (χ1n) is 4.60. The zero-order chi connectivity index (χ0) is 10.3. The maximum atomic E-state index is 11.1. The van der Waals surface area contributed by atoms with Crippen LogP contribution >= 0.6 is 0 Å². The van der Waals surface area contributed by atoms with Gasteiger partial charge in [0.25, 0.3) is 5.56 Å². The van der Waals surface area contributed by atoms with Crippen LogP contribution < -0.4 is 16.6 Å². The van der Waals surface area contributed by atoms with E-state index in [0.29, 0.717) is 11.9 Å². The maximum absolute atomic E-state index is 11.1. The van der Waals surface area contributed by atoms with Crippen molar-refractivity contribution in [1.29, 1.82) is 0 Å². The van der Waals surface area contributed by atoms with Crippen LogP contribution in [0.3, 0.4) is 0 Å². The van der Waals surface area contributed by atoms with Gasteiger partial charge >= 0.3 is 0 Å². The first kappa shape index (κ1) is 9.05. The molecular formula is C9H14N4O. The Bertz CT molecular complexity index is 410. The molecule has 1 aromatic heterocycles. The molecule has 4 N–H and O–H groups in total. The summed E-state index contributed by atoms with van der Waals surface area (Å²) >= 11 is 0. The highest BCUT2D eigenvalue weighted by atomic mass is 16.1. The van der Waals surface area contributed by atoms with Gasteiger partial charge in [0, 0.05) is 6.04 Å². The van der Waals surface area contributed by atoms with Gasteiger partial charge in [-0.1, -0.05) is 13.8 Å². The van der Waals surface area contributed by atoms with Crippen molar-refractivity contribution in [3.63, 3.8) is 0 Å². The Morgan fingerprint density at radius 3 is 2.93 bits per heavy atom. The van der Waals surface area contributed by atoms with Gasteiger partial charge in [0.2, 0.25) is 0 Å². The summed E-state index contributed by atoms with van der Waals surface area (Å²) in [7, 11) is 0. The SMILES string of the molecule is CC1(C)CC1Nc1nc[nH]c(=O)c1N. The van der Waals surface area contributed by atoms with Gasteiger partial charge in [-0.2, -0.15) is 0 Å². The molecule has 1 heterocycles. The lowest BCUT2D eigenvalue weighted by Crippen LogP contribution is -2.18. The second-order valence-electron chi connectivity index (χ2n) is 4.38. The van der Waals surface area contributed by atoms with Gasteiger partial charge in [0.1, 0.15) is 5.69 Å².